The van der Waals surface area contributed by atoms with E-state index in [1.807, 2.05) is 13.6 Å². The minimum Gasteiger partial charge on any atom is -0.402 e. The Kier molecular flexibility index (Phi) is 59.7. The first-order chi connectivity index (χ1) is 5.46. The molecule has 0 atom stereocenters. The average Bonchev–Trinajstić information content (AvgIpc) is 1.93. The van der Waals surface area contributed by atoms with Crippen molar-refractivity contribution in [2.45, 2.75) is 0 Å². The molecule has 8 nitrogen and oxygen atoms in total. The summed E-state index contributed by atoms with van der Waals surface area (Å²) in [7, 11) is -4.33. The number of rotatable bonds is 0. The van der Waals surface area contributed by atoms with E-state index in [1.165, 1.54) is 0 Å². The molecule has 0 radical (unpaired) electrons. The molecule has 0 saturated carbocycles. The molecule has 0 unspecified atom stereocenters. The van der Waals surface area contributed by atoms with Crippen molar-refractivity contribution >= 4 is 28.2 Å². The Labute approximate surface area is 69.1 Å². The maximum atomic E-state index is 8.00. The first-order valence-corrected chi connectivity index (χ1v) is 2.13. The van der Waals surface area contributed by atoms with Gasteiger partial charge in [-0.2, -0.15) is 0 Å². The van der Waals surface area contributed by atoms with Crippen LogP contribution >= 0.6 is 0 Å². The molecule has 0 aliphatic carbocycles. The van der Waals surface area contributed by atoms with Gasteiger partial charge in [0, 0.05) is 0 Å². The lowest BCUT2D eigenvalue weighted by Crippen LogP contribution is -2.07. The maximum absolute atomic E-state index is 8.00. The van der Waals surface area contributed by atoms with Crippen molar-refractivity contribution in [3.05, 3.63) is 0 Å². The Morgan fingerprint density at radius 2 is 0.583 bits per heavy atom. The van der Waals surface area contributed by atoms with Crippen molar-refractivity contribution in [1.82, 2.24) is 0 Å². The van der Waals surface area contributed by atoms with Gasteiger partial charge in [0.2, 0.25) is 0 Å². The van der Waals surface area contributed by atoms with Crippen LogP contribution in [0.25, 0.3) is 0 Å². The van der Waals surface area contributed by atoms with Crippen LogP contribution in [-0.4, -0.2) is 58.4 Å². The molecule has 12 heavy (non-hydrogen) atoms. The third kappa shape index (κ3) is 1050. The monoisotopic (exact) mass is 184 g/mol. The van der Waals surface area contributed by atoms with Crippen LogP contribution in [0, 0.1) is 0 Å². The number of carbonyl (C=O) groups excluding carboxylic acids is 2. The highest BCUT2D eigenvalue weighted by Crippen LogP contribution is 1.40. The van der Waals surface area contributed by atoms with Gasteiger partial charge in [0.15, 0.2) is 0 Å². The third-order valence-electron chi connectivity index (χ3n) is 0. The standard InChI is InChI=1S/2CH2O.2BH3O3/c2*1-2;2*2-1(3)4/h2*1H2;2*2-4H. The predicted octanol–water partition coefficient (Wildman–Crippen LogP) is -4.47. The summed E-state index contributed by atoms with van der Waals surface area (Å²) in [6.07, 6.45) is 0. The molecule has 0 rings (SSSR count). The molecule has 0 amide bonds. The molecule has 0 saturated heterocycles. The summed E-state index contributed by atoms with van der Waals surface area (Å²) in [6.45, 7) is 4.00. The zero-order valence-electron chi connectivity index (χ0n) is 6.07. The lowest BCUT2D eigenvalue weighted by Gasteiger charge is -1.69. The second kappa shape index (κ2) is 31.9. The molecule has 0 aromatic heterocycles. The first-order valence-electron chi connectivity index (χ1n) is 2.13. The van der Waals surface area contributed by atoms with Crippen LogP contribution in [0.3, 0.4) is 0 Å². The van der Waals surface area contributed by atoms with Crippen molar-refractivity contribution in [3.8, 4) is 0 Å². The summed E-state index contributed by atoms with van der Waals surface area (Å²) < 4.78 is 0. The van der Waals surface area contributed by atoms with Gasteiger partial charge in [-0.25, -0.2) is 0 Å². The van der Waals surface area contributed by atoms with Crippen LogP contribution in [-0.2, 0) is 9.59 Å². The van der Waals surface area contributed by atoms with E-state index in [4.69, 9.17) is 39.7 Å². The number of hydrogen-bond acceptors (Lipinski definition) is 8. The van der Waals surface area contributed by atoms with Crippen molar-refractivity contribution in [2.24, 2.45) is 0 Å². The second-order valence-electron chi connectivity index (χ2n) is 0.693. The zero-order valence-corrected chi connectivity index (χ0v) is 6.07. The van der Waals surface area contributed by atoms with E-state index in [-0.39, 0.29) is 0 Å². The maximum Gasteiger partial charge on any atom is 0.631 e. The number of hydrogen-bond donors (Lipinski definition) is 6. The van der Waals surface area contributed by atoms with Crippen LogP contribution < -0.4 is 0 Å². The predicted molar refractivity (Wildman–Crippen MR) is 39.1 cm³/mol. The highest BCUT2D eigenvalue weighted by atomic mass is 16.5. The van der Waals surface area contributed by atoms with Gasteiger partial charge in [0.25, 0.3) is 0 Å². The SMILES string of the molecule is C=O.C=O.OB(O)O.OB(O)O. The summed E-state index contributed by atoms with van der Waals surface area (Å²) in [5.74, 6) is 0. The Bertz CT molecular complexity index is 45.5. The quantitative estimate of drug-likeness (QED) is 0.205. The molecular formula is C2H10B2O8. The van der Waals surface area contributed by atoms with Gasteiger partial charge in [0.05, 0.1) is 0 Å². The van der Waals surface area contributed by atoms with Crippen LogP contribution in [0.15, 0.2) is 0 Å². The Balaban J connectivity index is -0.0000000380. The molecule has 0 aliphatic heterocycles. The van der Waals surface area contributed by atoms with Crippen molar-refractivity contribution in [2.75, 3.05) is 0 Å². The fraction of sp³-hybridized carbons (Fsp3) is 0. The van der Waals surface area contributed by atoms with Gasteiger partial charge < -0.3 is 39.7 Å². The molecule has 72 valence electrons. The molecule has 0 bridgehead atoms. The topological polar surface area (TPSA) is 156 Å². The molecule has 0 heterocycles. The molecule has 0 fully saturated rings. The minimum absolute atomic E-state index is 2.00. The number of carbonyl (C=O) groups is 2. The van der Waals surface area contributed by atoms with Gasteiger partial charge in [-0.3, -0.25) is 0 Å². The van der Waals surface area contributed by atoms with Gasteiger partial charge >= 0.3 is 14.6 Å². The van der Waals surface area contributed by atoms with E-state index in [0.29, 0.717) is 0 Å². The van der Waals surface area contributed by atoms with Crippen LogP contribution in [0.2, 0.25) is 0 Å². The average molecular weight is 184 g/mol. The van der Waals surface area contributed by atoms with Crippen LogP contribution in [0.4, 0.5) is 0 Å². The second-order valence-corrected chi connectivity index (χ2v) is 0.693. The summed E-state index contributed by atoms with van der Waals surface area (Å²) in [4.78, 5) is 16.0. The van der Waals surface area contributed by atoms with Gasteiger partial charge in [0.1, 0.15) is 13.6 Å². The fourth-order valence-electron chi connectivity index (χ4n) is 0. The Morgan fingerprint density at radius 1 is 0.583 bits per heavy atom. The van der Waals surface area contributed by atoms with E-state index in [2.05, 4.69) is 0 Å². The Hall–Kier alpha value is -0.770. The molecule has 0 aliphatic rings. The third-order valence-corrected chi connectivity index (χ3v) is 0. The lowest BCUT2D eigenvalue weighted by molar-refractivity contribution is -0.0987. The molecule has 0 spiro atoms. The van der Waals surface area contributed by atoms with E-state index >= 15 is 0 Å². The molecule has 6 N–H and O–H groups in total. The van der Waals surface area contributed by atoms with E-state index < -0.39 is 14.6 Å². The zero-order chi connectivity index (χ0) is 11.2. The highest BCUT2D eigenvalue weighted by molar-refractivity contribution is 6.30. The van der Waals surface area contributed by atoms with Crippen molar-refractivity contribution < 1.29 is 39.7 Å². The molecule has 10 heteroatoms. The smallest absolute Gasteiger partial charge is 0.402 e. The van der Waals surface area contributed by atoms with E-state index in [0.717, 1.165) is 0 Å². The summed E-state index contributed by atoms with van der Waals surface area (Å²) >= 11 is 0. The Morgan fingerprint density at radius 3 is 0.583 bits per heavy atom. The summed E-state index contributed by atoms with van der Waals surface area (Å²) in [5, 5.41) is 43.0. The van der Waals surface area contributed by atoms with Crippen LogP contribution in [0.1, 0.15) is 0 Å². The van der Waals surface area contributed by atoms with E-state index in [1.54, 1.807) is 0 Å². The fourth-order valence-corrected chi connectivity index (χ4v) is 0. The summed E-state index contributed by atoms with van der Waals surface area (Å²) in [5.41, 5.74) is 0. The van der Waals surface area contributed by atoms with Gasteiger partial charge in [-0.1, -0.05) is 0 Å². The molecule has 0 aromatic rings. The normalized spacial score (nSPS) is 5.17. The highest BCUT2D eigenvalue weighted by Gasteiger charge is 1.93. The minimum atomic E-state index is -2.17. The van der Waals surface area contributed by atoms with Gasteiger partial charge in [-0.05, 0) is 0 Å². The van der Waals surface area contributed by atoms with Crippen molar-refractivity contribution in [1.29, 1.82) is 0 Å². The first kappa shape index (κ1) is 22.5. The molecular weight excluding hydrogens is 174 g/mol. The molecule has 0 aromatic carbocycles. The van der Waals surface area contributed by atoms with Gasteiger partial charge in [-0.15, -0.1) is 0 Å². The largest absolute Gasteiger partial charge is 0.631 e. The lowest BCUT2D eigenvalue weighted by atomic mass is 10.3. The van der Waals surface area contributed by atoms with Crippen molar-refractivity contribution in [3.63, 3.8) is 0 Å². The van der Waals surface area contributed by atoms with E-state index in [9.17, 15) is 0 Å². The summed E-state index contributed by atoms with van der Waals surface area (Å²) in [6, 6.07) is 0. The van der Waals surface area contributed by atoms with Crippen LogP contribution in [0.5, 0.6) is 0 Å².